The van der Waals surface area contributed by atoms with Gasteiger partial charge in [-0.3, -0.25) is 4.79 Å². The van der Waals surface area contributed by atoms with Crippen LogP contribution in [0.25, 0.3) is 0 Å². The highest BCUT2D eigenvalue weighted by Gasteiger charge is 2.29. The van der Waals surface area contributed by atoms with Crippen LogP contribution in [0.1, 0.15) is 19.4 Å². The summed E-state index contributed by atoms with van der Waals surface area (Å²) < 4.78 is 31.9. The minimum atomic E-state index is -3.58. The molecule has 1 aromatic carbocycles. The molecule has 0 spiro atoms. The van der Waals surface area contributed by atoms with Crippen LogP contribution in [0.4, 0.5) is 4.79 Å². The second-order valence-electron chi connectivity index (χ2n) is 6.41. The zero-order valence-electron chi connectivity index (χ0n) is 15.8. The van der Waals surface area contributed by atoms with Gasteiger partial charge in [0.05, 0.1) is 18.4 Å². The monoisotopic (exact) mass is 397 g/mol. The average Bonchev–Trinajstić information content (AvgIpc) is 2.66. The molecule has 0 aliphatic carbocycles. The van der Waals surface area contributed by atoms with Crippen molar-refractivity contribution in [1.82, 2.24) is 14.5 Å². The van der Waals surface area contributed by atoms with Gasteiger partial charge in [0.2, 0.25) is 15.9 Å². The number of piperazine rings is 1. The molecule has 0 bridgehead atoms. The van der Waals surface area contributed by atoms with Gasteiger partial charge in [0, 0.05) is 26.2 Å². The van der Waals surface area contributed by atoms with Gasteiger partial charge in [0.1, 0.15) is 0 Å². The molecular formula is C18H27N3O5S. The van der Waals surface area contributed by atoms with Crippen molar-refractivity contribution in [3.63, 3.8) is 0 Å². The van der Waals surface area contributed by atoms with Crippen molar-refractivity contribution in [1.29, 1.82) is 0 Å². The van der Waals surface area contributed by atoms with Crippen LogP contribution in [0.5, 0.6) is 0 Å². The number of aryl methyl sites for hydroxylation is 1. The van der Waals surface area contributed by atoms with Gasteiger partial charge in [-0.05, 0) is 25.8 Å². The maximum atomic E-state index is 12.5. The molecule has 150 valence electrons. The Bertz CT molecular complexity index is 731. The molecule has 1 saturated heterocycles. The lowest BCUT2D eigenvalue weighted by atomic mass is 10.2. The summed E-state index contributed by atoms with van der Waals surface area (Å²) in [6.07, 6.45) is -0.00535. The van der Waals surface area contributed by atoms with Gasteiger partial charge in [-0.15, -0.1) is 0 Å². The summed E-state index contributed by atoms with van der Waals surface area (Å²) in [6.45, 7) is 5.04. The number of hydrogen-bond donors (Lipinski definition) is 1. The first-order valence-corrected chi connectivity index (χ1v) is 10.7. The first-order chi connectivity index (χ1) is 12.8. The van der Waals surface area contributed by atoms with Gasteiger partial charge in [-0.25, -0.2) is 17.9 Å². The third-order valence-corrected chi connectivity index (χ3v) is 5.80. The zero-order chi connectivity index (χ0) is 19.9. The van der Waals surface area contributed by atoms with Gasteiger partial charge in [-0.1, -0.05) is 30.3 Å². The Labute approximate surface area is 160 Å². The molecule has 1 aliphatic rings. The van der Waals surface area contributed by atoms with E-state index in [0.29, 0.717) is 39.2 Å². The van der Waals surface area contributed by atoms with Gasteiger partial charge >= 0.3 is 6.09 Å². The summed E-state index contributed by atoms with van der Waals surface area (Å²) in [5.41, 5.74) is 0.928. The van der Waals surface area contributed by atoms with Crippen LogP contribution in [-0.4, -0.2) is 74.8 Å². The Morgan fingerprint density at radius 1 is 1.11 bits per heavy atom. The predicted molar refractivity (Wildman–Crippen MR) is 102 cm³/mol. The quantitative estimate of drug-likeness (QED) is 0.735. The fraction of sp³-hybridized carbons (Fsp3) is 0.556. The van der Waals surface area contributed by atoms with Crippen LogP contribution >= 0.6 is 0 Å². The van der Waals surface area contributed by atoms with E-state index in [-0.39, 0.29) is 17.8 Å². The Balaban J connectivity index is 1.82. The standard InChI is InChI=1S/C18H27N3O5S/c1-3-26-18(23)21-12-10-20(11-13-21)17(22)15(2)19-27(24,25)14-9-16-7-5-4-6-8-16/h4-8,15,19H,3,9-14H2,1-2H3/t15-/m0/s1. The zero-order valence-corrected chi connectivity index (χ0v) is 16.6. The van der Waals surface area contributed by atoms with Gasteiger partial charge in [0.25, 0.3) is 0 Å². The molecule has 27 heavy (non-hydrogen) atoms. The molecule has 1 atom stereocenters. The third kappa shape index (κ3) is 6.51. The number of nitrogens with one attached hydrogen (secondary N) is 1. The minimum absolute atomic E-state index is 0.0781. The maximum Gasteiger partial charge on any atom is 0.409 e. The van der Waals surface area contributed by atoms with Crippen LogP contribution in [0.3, 0.4) is 0 Å². The van der Waals surface area contributed by atoms with E-state index < -0.39 is 16.1 Å². The average molecular weight is 397 g/mol. The van der Waals surface area contributed by atoms with Crippen LogP contribution in [-0.2, 0) is 26.0 Å². The number of hydrogen-bond acceptors (Lipinski definition) is 5. The molecule has 1 N–H and O–H groups in total. The second-order valence-corrected chi connectivity index (χ2v) is 8.28. The van der Waals surface area contributed by atoms with Crippen molar-refractivity contribution in [2.45, 2.75) is 26.3 Å². The predicted octanol–water partition coefficient (Wildman–Crippen LogP) is 0.838. The van der Waals surface area contributed by atoms with Crippen LogP contribution in [0, 0.1) is 0 Å². The van der Waals surface area contributed by atoms with Crippen molar-refractivity contribution in [2.75, 3.05) is 38.5 Å². The smallest absolute Gasteiger partial charge is 0.409 e. The number of nitrogens with zero attached hydrogens (tertiary/aromatic N) is 2. The molecule has 1 aliphatic heterocycles. The molecular weight excluding hydrogens is 370 g/mol. The number of rotatable bonds is 7. The topological polar surface area (TPSA) is 96.0 Å². The maximum absolute atomic E-state index is 12.5. The van der Waals surface area contributed by atoms with Gasteiger partial charge in [-0.2, -0.15) is 0 Å². The van der Waals surface area contributed by atoms with E-state index in [0.717, 1.165) is 5.56 Å². The van der Waals surface area contributed by atoms with Crippen molar-refractivity contribution in [3.8, 4) is 0 Å². The van der Waals surface area contributed by atoms with E-state index in [1.165, 1.54) is 0 Å². The summed E-state index contributed by atoms with van der Waals surface area (Å²) in [5.74, 6) is -0.368. The summed E-state index contributed by atoms with van der Waals surface area (Å²) in [7, 11) is -3.58. The highest BCUT2D eigenvalue weighted by atomic mass is 32.2. The summed E-state index contributed by atoms with van der Waals surface area (Å²) in [6, 6.07) is 8.48. The third-order valence-electron chi connectivity index (χ3n) is 4.35. The number of sulfonamides is 1. The lowest BCUT2D eigenvalue weighted by Gasteiger charge is -2.35. The van der Waals surface area contributed by atoms with Crippen LogP contribution < -0.4 is 4.72 Å². The lowest BCUT2D eigenvalue weighted by Crippen LogP contribution is -2.55. The van der Waals surface area contributed by atoms with Crippen molar-refractivity contribution in [2.24, 2.45) is 0 Å². The molecule has 0 aromatic heterocycles. The van der Waals surface area contributed by atoms with E-state index in [2.05, 4.69) is 4.72 Å². The van der Waals surface area contributed by atoms with E-state index in [1.54, 1.807) is 23.6 Å². The first-order valence-electron chi connectivity index (χ1n) is 9.07. The normalized spacial score (nSPS) is 16.1. The Morgan fingerprint density at radius 3 is 2.30 bits per heavy atom. The second kappa shape index (κ2) is 9.70. The number of carbonyl (C=O) groups excluding carboxylic acids is 2. The molecule has 1 heterocycles. The summed E-state index contributed by atoms with van der Waals surface area (Å²) in [4.78, 5) is 27.3. The SMILES string of the molecule is CCOC(=O)N1CCN(C(=O)[C@H](C)NS(=O)(=O)CCc2ccccc2)CC1. The lowest BCUT2D eigenvalue weighted by molar-refractivity contribution is -0.134. The highest BCUT2D eigenvalue weighted by Crippen LogP contribution is 2.07. The Hall–Kier alpha value is -2.13. The molecule has 1 fully saturated rings. The van der Waals surface area contributed by atoms with Crippen molar-refractivity contribution < 1.29 is 22.7 Å². The van der Waals surface area contributed by atoms with Crippen LogP contribution in [0.15, 0.2) is 30.3 Å². The van der Waals surface area contributed by atoms with E-state index in [4.69, 9.17) is 4.74 Å². The molecule has 2 amide bonds. The van der Waals surface area contributed by atoms with E-state index >= 15 is 0 Å². The largest absolute Gasteiger partial charge is 0.450 e. The van der Waals surface area contributed by atoms with E-state index in [9.17, 15) is 18.0 Å². The molecule has 0 radical (unpaired) electrons. The molecule has 9 heteroatoms. The summed E-state index contributed by atoms with van der Waals surface area (Å²) >= 11 is 0. The first kappa shape index (κ1) is 21.2. The molecule has 2 rings (SSSR count). The fourth-order valence-corrected chi connectivity index (χ4v) is 4.14. The summed E-state index contributed by atoms with van der Waals surface area (Å²) in [5, 5.41) is 0. The number of carbonyl (C=O) groups is 2. The molecule has 1 aromatic rings. The molecule has 8 nitrogen and oxygen atoms in total. The molecule has 0 unspecified atom stereocenters. The number of amides is 2. The molecule has 0 saturated carbocycles. The van der Waals surface area contributed by atoms with Crippen molar-refractivity contribution in [3.05, 3.63) is 35.9 Å². The van der Waals surface area contributed by atoms with Gasteiger partial charge < -0.3 is 14.5 Å². The van der Waals surface area contributed by atoms with Gasteiger partial charge in [0.15, 0.2) is 0 Å². The number of benzene rings is 1. The highest BCUT2D eigenvalue weighted by molar-refractivity contribution is 7.89. The van der Waals surface area contributed by atoms with Crippen LogP contribution in [0.2, 0.25) is 0 Å². The minimum Gasteiger partial charge on any atom is -0.450 e. The number of ether oxygens (including phenoxy) is 1. The van der Waals surface area contributed by atoms with E-state index in [1.807, 2.05) is 30.3 Å². The van der Waals surface area contributed by atoms with Crippen molar-refractivity contribution >= 4 is 22.0 Å². The Kier molecular flexibility index (Phi) is 7.61. The Morgan fingerprint density at radius 2 is 1.70 bits per heavy atom. The fourth-order valence-electron chi connectivity index (χ4n) is 2.87.